The topological polar surface area (TPSA) is 97.0 Å². The quantitative estimate of drug-likeness (QED) is 0.559. The summed E-state index contributed by atoms with van der Waals surface area (Å²) in [6.45, 7) is 0.312. The van der Waals surface area contributed by atoms with Crippen LogP contribution in [0.3, 0.4) is 0 Å². The van der Waals surface area contributed by atoms with E-state index in [4.69, 9.17) is 10.5 Å². The zero-order chi connectivity index (χ0) is 9.68. The van der Waals surface area contributed by atoms with Gasteiger partial charge in [0.2, 0.25) is 11.1 Å². The lowest BCUT2D eigenvalue weighted by Crippen LogP contribution is -2.16. The Morgan fingerprint density at radius 3 is 3.08 bits per heavy atom. The predicted molar refractivity (Wildman–Crippen MR) is 49.4 cm³/mol. The van der Waals surface area contributed by atoms with Crippen LogP contribution in [0.4, 0.5) is 5.95 Å². The van der Waals surface area contributed by atoms with E-state index < -0.39 is 6.10 Å². The second-order valence-electron chi connectivity index (χ2n) is 2.42. The van der Waals surface area contributed by atoms with Gasteiger partial charge in [0.25, 0.3) is 0 Å². The maximum Gasteiger partial charge on any atom is 0.216 e. The number of nitrogens with one attached hydrogen (secondary N) is 1. The second kappa shape index (κ2) is 5.05. The minimum Gasteiger partial charge on any atom is -0.390 e. The molecular weight excluding hydrogens is 192 g/mol. The summed E-state index contributed by atoms with van der Waals surface area (Å²) in [7, 11) is 1.54. The van der Waals surface area contributed by atoms with Gasteiger partial charge >= 0.3 is 0 Å². The summed E-state index contributed by atoms with van der Waals surface area (Å²) in [4.78, 5) is 3.86. The molecule has 74 valence electrons. The summed E-state index contributed by atoms with van der Waals surface area (Å²) in [6, 6.07) is 0. The molecule has 0 amide bonds. The normalized spacial score (nSPS) is 13.1. The molecule has 1 aromatic rings. The van der Waals surface area contributed by atoms with Crippen LogP contribution in [0.15, 0.2) is 5.16 Å². The smallest absolute Gasteiger partial charge is 0.216 e. The molecule has 13 heavy (non-hydrogen) atoms. The number of thioether (sulfide) groups is 1. The van der Waals surface area contributed by atoms with Gasteiger partial charge in [-0.2, -0.15) is 4.98 Å². The molecular formula is C6H12N4O2S. The number of anilines is 1. The van der Waals surface area contributed by atoms with E-state index in [1.165, 1.54) is 11.8 Å². The number of rotatable bonds is 5. The van der Waals surface area contributed by atoms with Crippen LogP contribution in [-0.4, -0.2) is 45.9 Å². The van der Waals surface area contributed by atoms with Gasteiger partial charge in [-0.15, -0.1) is 5.10 Å². The highest BCUT2D eigenvalue weighted by Gasteiger charge is 2.06. The number of methoxy groups -OCH3 is 1. The number of aromatic nitrogens is 3. The standard InChI is InChI=1S/C6H12N4O2S/c1-12-2-4(11)3-13-6-8-5(7)9-10-6/h4,11H,2-3H2,1H3,(H3,7,8,9,10). The van der Waals surface area contributed by atoms with E-state index in [1.807, 2.05) is 0 Å². The third-order valence-corrected chi connectivity index (χ3v) is 2.24. The highest BCUT2D eigenvalue weighted by Crippen LogP contribution is 2.13. The van der Waals surface area contributed by atoms with Gasteiger partial charge in [-0.25, -0.2) is 5.10 Å². The fourth-order valence-corrected chi connectivity index (χ4v) is 1.44. The number of nitrogen functional groups attached to an aromatic ring is 1. The van der Waals surface area contributed by atoms with Crippen molar-refractivity contribution in [2.45, 2.75) is 11.3 Å². The van der Waals surface area contributed by atoms with E-state index >= 15 is 0 Å². The van der Waals surface area contributed by atoms with Gasteiger partial charge in [-0.1, -0.05) is 11.8 Å². The average molecular weight is 204 g/mol. The number of hydrogen-bond acceptors (Lipinski definition) is 6. The summed E-state index contributed by atoms with van der Waals surface area (Å²) >= 11 is 1.33. The molecule has 1 atom stereocenters. The van der Waals surface area contributed by atoms with Gasteiger partial charge in [0.15, 0.2) is 0 Å². The van der Waals surface area contributed by atoms with Crippen LogP contribution in [0.5, 0.6) is 0 Å². The lowest BCUT2D eigenvalue weighted by Gasteiger charge is -2.05. The highest BCUT2D eigenvalue weighted by atomic mass is 32.2. The van der Waals surface area contributed by atoms with Crippen LogP contribution in [-0.2, 0) is 4.74 Å². The van der Waals surface area contributed by atoms with Crippen LogP contribution in [0.2, 0.25) is 0 Å². The molecule has 4 N–H and O–H groups in total. The Hall–Kier alpha value is -0.790. The molecule has 0 aromatic carbocycles. The van der Waals surface area contributed by atoms with Gasteiger partial charge in [-0.3, -0.25) is 0 Å². The van der Waals surface area contributed by atoms with Gasteiger partial charge in [0, 0.05) is 12.9 Å². The van der Waals surface area contributed by atoms with Crippen LogP contribution in [0.1, 0.15) is 0 Å². The van der Waals surface area contributed by atoms with Crippen molar-refractivity contribution in [2.75, 3.05) is 25.2 Å². The fraction of sp³-hybridized carbons (Fsp3) is 0.667. The third-order valence-electron chi connectivity index (χ3n) is 1.25. The minimum atomic E-state index is -0.505. The van der Waals surface area contributed by atoms with Crippen molar-refractivity contribution in [3.05, 3.63) is 0 Å². The molecule has 0 aliphatic rings. The largest absolute Gasteiger partial charge is 0.390 e. The van der Waals surface area contributed by atoms with Crippen LogP contribution in [0, 0.1) is 0 Å². The third kappa shape index (κ3) is 3.62. The maximum absolute atomic E-state index is 9.27. The minimum absolute atomic E-state index is 0.281. The first-order valence-electron chi connectivity index (χ1n) is 3.70. The second-order valence-corrected chi connectivity index (χ2v) is 3.41. The zero-order valence-corrected chi connectivity index (χ0v) is 8.04. The number of aliphatic hydroxyl groups excluding tert-OH is 1. The Labute approximate surface area is 79.9 Å². The number of H-pyrrole nitrogens is 1. The summed E-state index contributed by atoms with van der Waals surface area (Å²) < 4.78 is 4.76. The number of hydrogen-bond donors (Lipinski definition) is 3. The lowest BCUT2D eigenvalue weighted by atomic mass is 10.4. The Morgan fingerprint density at radius 2 is 2.54 bits per heavy atom. The molecule has 6 nitrogen and oxygen atoms in total. The van der Waals surface area contributed by atoms with Crippen molar-refractivity contribution >= 4 is 17.7 Å². The molecule has 1 heterocycles. The fourth-order valence-electron chi connectivity index (χ4n) is 0.734. The molecule has 0 saturated heterocycles. The van der Waals surface area contributed by atoms with Crippen molar-refractivity contribution in [3.8, 4) is 0 Å². The number of aromatic amines is 1. The molecule has 0 bridgehead atoms. The first-order valence-corrected chi connectivity index (χ1v) is 4.68. The SMILES string of the molecule is COCC(O)CSc1n[nH]c(N)n1. The van der Waals surface area contributed by atoms with Crippen LogP contribution >= 0.6 is 11.8 Å². The number of nitrogens with two attached hydrogens (primary N) is 1. The van der Waals surface area contributed by atoms with E-state index in [-0.39, 0.29) is 5.95 Å². The predicted octanol–water partition coefficient (Wildman–Crippen LogP) is -0.514. The Kier molecular flexibility index (Phi) is 4.00. The first kappa shape index (κ1) is 10.3. The number of ether oxygens (including phenoxy) is 1. The molecule has 1 aromatic heterocycles. The number of aliphatic hydroxyl groups is 1. The van der Waals surface area contributed by atoms with E-state index in [0.717, 1.165) is 0 Å². The monoisotopic (exact) mass is 204 g/mol. The van der Waals surface area contributed by atoms with Crippen LogP contribution < -0.4 is 5.73 Å². The molecule has 1 unspecified atom stereocenters. The van der Waals surface area contributed by atoms with Gasteiger partial charge in [0.1, 0.15) is 0 Å². The van der Waals surface area contributed by atoms with Crippen molar-refractivity contribution in [2.24, 2.45) is 0 Å². The van der Waals surface area contributed by atoms with E-state index in [2.05, 4.69) is 15.2 Å². The van der Waals surface area contributed by atoms with Gasteiger partial charge in [-0.05, 0) is 0 Å². The zero-order valence-electron chi connectivity index (χ0n) is 7.23. The lowest BCUT2D eigenvalue weighted by molar-refractivity contribution is 0.0794. The molecule has 7 heteroatoms. The van der Waals surface area contributed by atoms with E-state index in [1.54, 1.807) is 7.11 Å². The summed E-state index contributed by atoms with van der Waals surface area (Å²) in [5.74, 6) is 0.772. The number of nitrogens with zero attached hydrogens (tertiary/aromatic N) is 2. The summed E-state index contributed by atoms with van der Waals surface area (Å²) in [5.41, 5.74) is 5.31. The molecule has 0 aliphatic carbocycles. The van der Waals surface area contributed by atoms with Crippen molar-refractivity contribution < 1.29 is 9.84 Å². The molecule has 0 saturated carbocycles. The molecule has 1 rings (SSSR count). The molecule has 0 spiro atoms. The molecule has 0 aliphatic heterocycles. The maximum atomic E-state index is 9.27. The van der Waals surface area contributed by atoms with Gasteiger partial charge < -0.3 is 15.6 Å². The van der Waals surface area contributed by atoms with Crippen molar-refractivity contribution in [1.82, 2.24) is 15.2 Å². The van der Waals surface area contributed by atoms with Crippen LogP contribution in [0.25, 0.3) is 0 Å². The van der Waals surface area contributed by atoms with Crippen molar-refractivity contribution in [3.63, 3.8) is 0 Å². The average Bonchev–Trinajstić information content (AvgIpc) is 2.49. The molecule has 0 radical (unpaired) electrons. The highest BCUT2D eigenvalue weighted by molar-refractivity contribution is 7.99. The van der Waals surface area contributed by atoms with Crippen molar-refractivity contribution in [1.29, 1.82) is 0 Å². The first-order chi connectivity index (χ1) is 6.22. The molecule has 0 fully saturated rings. The van der Waals surface area contributed by atoms with Gasteiger partial charge in [0.05, 0.1) is 12.7 Å². The van der Waals surface area contributed by atoms with E-state index in [9.17, 15) is 5.11 Å². The Morgan fingerprint density at radius 1 is 1.77 bits per heavy atom. The summed E-state index contributed by atoms with van der Waals surface area (Å²) in [5, 5.41) is 16.1. The Bertz CT molecular complexity index is 255. The summed E-state index contributed by atoms with van der Waals surface area (Å²) in [6.07, 6.45) is -0.505. The Balaban J connectivity index is 2.26. The van der Waals surface area contributed by atoms with E-state index in [0.29, 0.717) is 17.5 Å².